The van der Waals surface area contributed by atoms with Gasteiger partial charge < -0.3 is 19.9 Å². The number of carbonyl (C=O) groups excluding carboxylic acids is 2. The Morgan fingerprint density at radius 1 is 1.03 bits per heavy atom. The molecule has 10 nitrogen and oxygen atoms in total. The molecule has 2 aromatic rings. The van der Waals surface area contributed by atoms with Crippen molar-refractivity contribution in [2.45, 2.75) is 10.8 Å². The summed E-state index contributed by atoms with van der Waals surface area (Å²) in [4.78, 5) is 27.1. The van der Waals surface area contributed by atoms with Crippen LogP contribution in [0.15, 0.2) is 76.1 Å². The number of nitriles is 1. The van der Waals surface area contributed by atoms with Gasteiger partial charge >= 0.3 is 11.9 Å². The largest absolute Gasteiger partial charge is 0.497 e. The predicted molar refractivity (Wildman–Crippen MR) is 126 cm³/mol. The third-order valence-electron chi connectivity index (χ3n) is 5.40. The van der Waals surface area contributed by atoms with E-state index < -0.39 is 27.7 Å². The van der Waals surface area contributed by atoms with Gasteiger partial charge in [-0.1, -0.05) is 30.3 Å². The average molecular weight is 498 g/mol. The number of allylic oxidation sites excluding steroid dienone is 1. The minimum atomic E-state index is -3.72. The molecule has 0 saturated heterocycles. The molecule has 0 fully saturated rings. The lowest BCUT2D eigenvalue weighted by molar-refractivity contribution is -0.139. The van der Waals surface area contributed by atoms with Crippen molar-refractivity contribution in [3.05, 3.63) is 76.8 Å². The van der Waals surface area contributed by atoms with Gasteiger partial charge in [-0.2, -0.15) is 5.26 Å². The molecular formula is C24H23N3O7S. The molecule has 0 spiro atoms. The minimum Gasteiger partial charge on any atom is -0.497 e. The van der Waals surface area contributed by atoms with Crippen LogP contribution in [0, 0.1) is 11.3 Å². The summed E-state index contributed by atoms with van der Waals surface area (Å²) in [6.07, 6.45) is 1.00. The van der Waals surface area contributed by atoms with E-state index in [1.807, 2.05) is 6.07 Å². The van der Waals surface area contributed by atoms with Gasteiger partial charge in [0.2, 0.25) is 0 Å². The van der Waals surface area contributed by atoms with Crippen LogP contribution in [0.4, 0.5) is 5.69 Å². The van der Waals surface area contributed by atoms with Crippen LogP contribution < -0.4 is 15.4 Å². The van der Waals surface area contributed by atoms with Crippen molar-refractivity contribution < 1.29 is 32.2 Å². The van der Waals surface area contributed by atoms with Crippen LogP contribution in [-0.4, -0.2) is 47.9 Å². The zero-order valence-corrected chi connectivity index (χ0v) is 20.3. The third-order valence-corrected chi connectivity index (χ3v) is 6.49. The Kier molecular flexibility index (Phi) is 7.17. The number of hydrogen-bond donors (Lipinski definition) is 1. The molecule has 0 aliphatic carbocycles. The van der Waals surface area contributed by atoms with Gasteiger partial charge in [0.05, 0.1) is 55.0 Å². The van der Waals surface area contributed by atoms with Crippen LogP contribution in [0.5, 0.6) is 5.75 Å². The molecule has 182 valence electrons. The first kappa shape index (κ1) is 25.3. The summed E-state index contributed by atoms with van der Waals surface area (Å²) in [5.74, 6) is -2.94. The topological polar surface area (TPSA) is 149 Å². The first-order valence-corrected chi connectivity index (χ1v) is 12.0. The summed E-state index contributed by atoms with van der Waals surface area (Å²) in [6, 6.07) is 14.5. The molecule has 1 atom stereocenters. The van der Waals surface area contributed by atoms with Crippen LogP contribution >= 0.6 is 0 Å². The van der Waals surface area contributed by atoms with Gasteiger partial charge in [-0.25, -0.2) is 18.0 Å². The van der Waals surface area contributed by atoms with E-state index in [-0.39, 0.29) is 39.0 Å². The lowest BCUT2D eigenvalue weighted by Gasteiger charge is -2.36. The van der Waals surface area contributed by atoms with Crippen molar-refractivity contribution >= 4 is 27.5 Å². The molecule has 2 aromatic carbocycles. The smallest absolute Gasteiger partial charge is 0.355 e. The third kappa shape index (κ3) is 4.69. The van der Waals surface area contributed by atoms with E-state index >= 15 is 0 Å². The van der Waals surface area contributed by atoms with E-state index in [2.05, 4.69) is 0 Å². The second-order valence-electron chi connectivity index (χ2n) is 7.47. The van der Waals surface area contributed by atoms with Gasteiger partial charge in [-0.15, -0.1) is 0 Å². The SMILES string of the molecule is COC(=O)C1=C(C(=O)OC)N(c2cc(OC)cc(S(C)(=O)=O)c2)C(N)=C(C#N)C1c1ccccc1. The number of rotatable bonds is 6. The molecule has 3 rings (SSSR count). The van der Waals surface area contributed by atoms with Crippen LogP contribution in [-0.2, 0) is 28.9 Å². The molecular weight excluding hydrogens is 474 g/mol. The molecule has 1 aliphatic heterocycles. The van der Waals surface area contributed by atoms with Crippen LogP contribution in [0.25, 0.3) is 0 Å². The Morgan fingerprint density at radius 3 is 2.17 bits per heavy atom. The quantitative estimate of drug-likeness (QED) is 0.587. The maximum atomic E-state index is 13.1. The molecule has 2 N–H and O–H groups in total. The molecule has 11 heteroatoms. The molecule has 35 heavy (non-hydrogen) atoms. The van der Waals surface area contributed by atoms with E-state index in [4.69, 9.17) is 19.9 Å². The fourth-order valence-corrected chi connectivity index (χ4v) is 4.46. The summed E-state index contributed by atoms with van der Waals surface area (Å²) >= 11 is 0. The summed E-state index contributed by atoms with van der Waals surface area (Å²) in [5.41, 5.74) is 6.43. The maximum absolute atomic E-state index is 13.1. The van der Waals surface area contributed by atoms with Gasteiger partial charge in [0.25, 0.3) is 0 Å². The highest BCUT2D eigenvalue weighted by atomic mass is 32.2. The summed E-state index contributed by atoms with van der Waals surface area (Å²) in [5, 5.41) is 10.1. The van der Waals surface area contributed by atoms with Crippen molar-refractivity contribution in [2.75, 3.05) is 32.5 Å². The number of sulfone groups is 1. The van der Waals surface area contributed by atoms with Crippen molar-refractivity contribution in [3.8, 4) is 11.8 Å². The van der Waals surface area contributed by atoms with E-state index in [1.54, 1.807) is 30.3 Å². The Bertz CT molecular complexity index is 1390. The number of ether oxygens (including phenoxy) is 3. The normalized spacial score (nSPS) is 16.0. The van der Waals surface area contributed by atoms with E-state index in [9.17, 15) is 23.3 Å². The second kappa shape index (κ2) is 9.90. The number of benzene rings is 2. The van der Waals surface area contributed by atoms with Gasteiger partial charge in [0.1, 0.15) is 17.3 Å². The van der Waals surface area contributed by atoms with Gasteiger partial charge in [0, 0.05) is 12.3 Å². The zero-order chi connectivity index (χ0) is 25.9. The van der Waals surface area contributed by atoms with Crippen LogP contribution in [0.1, 0.15) is 11.5 Å². The van der Waals surface area contributed by atoms with Gasteiger partial charge in [0.15, 0.2) is 9.84 Å². The number of carbonyl (C=O) groups is 2. The highest BCUT2D eigenvalue weighted by Crippen LogP contribution is 2.44. The Balaban J connectivity index is 2.47. The summed E-state index contributed by atoms with van der Waals surface area (Å²) < 4.78 is 39.8. The number of esters is 2. The standard InChI is InChI=1S/C24H23N3O7S/c1-32-16-10-15(11-17(12-16)35(4,30)31)27-21(24(29)34-3)20(23(28)33-2)19(18(13-25)22(27)26)14-8-6-5-7-9-14/h5-12,19H,26H2,1-4H3. The molecule has 1 aliphatic rings. The Labute approximate surface area is 202 Å². The van der Waals surface area contributed by atoms with Crippen LogP contribution in [0.2, 0.25) is 0 Å². The molecule has 0 amide bonds. The highest BCUT2D eigenvalue weighted by Gasteiger charge is 2.43. The number of anilines is 1. The number of nitrogens with two attached hydrogens (primary N) is 1. The predicted octanol–water partition coefficient (Wildman–Crippen LogP) is 2.00. The fourth-order valence-electron chi connectivity index (χ4n) is 3.80. The average Bonchev–Trinajstić information content (AvgIpc) is 2.86. The monoisotopic (exact) mass is 497 g/mol. The molecule has 0 saturated carbocycles. The number of methoxy groups -OCH3 is 3. The molecule has 1 heterocycles. The lowest BCUT2D eigenvalue weighted by atomic mass is 9.81. The van der Waals surface area contributed by atoms with E-state index in [0.29, 0.717) is 5.56 Å². The molecule has 0 radical (unpaired) electrons. The number of hydrogen-bond acceptors (Lipinski definition) is 10. The fraction of sp³-hybridized carbons (Fsp3) is 0.208. The Morgan fingerprint density at radius 2 is 1.66 bits per heavy atom. The first-order valence-electron chi connectivity index (χ1n) is 10.1. The van der Waals surface area contributed by atoms with Gasteiger partial charge in [-0.3, -0.25) is 4.90 Å². The van der Waals surface area contributed by atoms with E-state index in [0.717, 1.165) is 25.4 Å². The Hall–Kier alpha value is -4.30. The van der Waals surface area contributed by atoms with Gasteiger partial charge in [-0.05, 0) is 17.7 Å². The lowest BCUT2D eigenvalue weighted by Crippen LogP contribution is -2.40. The molecule has 0 bridgehead atoms. The first-order chi connectivity index (χ1) is 16.6. The van der Waals surface area contributed by atoms with Crippen molar-refractivity contribution in [2.24, 2.45) is 5.73 Å². The highest BCUT2D eigenvalue weighted by molar-refractivity contribution is 7.90. The summed E-state index contributed by atoms with van der Waals surface area (Å²) in [7, 11) is -0.125. The molecule has 1 unspecified atom stereocenters. The second-order valence-corrected chi connectivity index (χ2v) is 9.49. The van der Waals surface area contributed by atoms with Crippen LogP contribution in [0.3, 0.4) is 0 Å². The minimum absolute atomic E-state index is 0.0482. The maximum Gasteiger partial charge on any atom is 0.355 e. The van der Waals surface area contributed by atoms with E-state index in [1.165, 1.54) is 25.3 Å². The zero-order valence-electron chi connectivity index (χ0n) is 19.4. The van der Waals surface area contributed by atoms with Crippen molar-refractivity contribution in [3.63, 3.8) is 0 Å². The number of nitrogens with zero attached hydrogens (tertiary/aromatic N) is 2. The van der Waals surface area contributed by atoms with Crippen molar-refractivity contribution in [1.82, 2.24) is 0 Å². The van der Waals surface area contributed by atoms with Crippen molar-refractivity contribution in [1.29, 1.82) is 5.26 Å². The summed E-state index contributed by atoms with van der Waals surface area (Å²) in [6.45, 7) is 0. The molecule has 0 aromatic heterocycles.